The normalized spacial score (nSPS) is 10.4. The summed E-state index contributed by atoms with van der Waals surface area (Å²) in [5.41, 5.74) is 10.3. The summed E-state index contributed by atoms with van der Waals surface area (Å²) in [6.45, 7) is 4.60. The minimum absolute atomic E-state index is 0.0541. The first-order valence-corrected chi connectivity index (χ1v) is 7.28. The van der Waals surface area contributed by atoms with Crippen LogP contribution in [0.3, 0.4) is 0 Å². The van der Waals surface area contributed by atoms with Crippen LogP contribution in [-0.2, 0) is 6.42 Å². The fourth-order valence-corrected chi connectivity index (χ4v) is 2.48. The minimum Gasteiger partial charge on any atom is -0.330 e. The summed E-state index contributed by atoms with van der Waals surface area (Å²) in [5, 5.41) is 2.99. The van der Waals surface area contributed by atoms with Gasteiger partial charge in [-0.25, -0.2) is 0 Å². The van der Waals surface area contributed by atoms with Crippen molar-refractivity contribution in [3.63, 3.8) is 0 Å². The van der Waals surface area contributed by atoms with Crippen LogP contribution < -0.4 is 11.1 Å². The van der Waals surface area contributed by atoms with Crippen molar-refractivity contribution >= 4 is 11.6 Å². The number of hydrogen-bond acceptors (Lipinski definition) is 2. The molecular formula is C18H22N2O. The van der Waals surface area contributed by atoms with Gasteiger partial charge < -0.3 is 11.1 Å². The molecule has 2 aromatic carbocycles. The molecule has 0 aliphatic rings. The molecule has 0 saturated heterocycles. The van der Waals surface area contributed by atoms with E-state index in [0.29, 0.717) is 6.54 Å². The van der Waals surface area contributed by atoms with Crippen molar-refractivity contribution in [3.05, 3.63) is 64.7 Å². The number of carbonyl (C=O) groups excluding carboxylic acids is 1. The highest BCUT2D eigenvalue weighted by atomic mass is 16.1. The van der Waals surface area contributed by atoms with Crippen molar-refractivity contribution in [2.45, 2.75) is 26.7 Å². The molecule has 110 valence electrons. The van der Waals surface area contributed by atoms with E-state index in [0.717, 1.165) is 35.2 Å². The zero-order valence-corrected chi connectivity index (χ0v) is 12.6. The lowest BCUT2D eigenvalue weighted by Crippen LogP contribution is -2.15. The number of aryl methyl sites for hydroxylation is 3. The van der Waals surface area contributed by atoms with E-state index in [2.05, 4.69) is 11.4 Å². The summed E-state index contributed by atoms with van der Waals surface area (Å²) >= 11 is 0. The molecule has 2 aromatic rings. The van der Waals surface area contributed by atoms with Crippen LogP contribution in [0.4, 0.5) is 5.69 Å². The molecule has 0 heterocycles. The summed E-state index contributed by atoms with van der Waals surface area (Å²) in [7, 11) is 0. The maximum Gasteiger partial charge on any atom is 0.256 e. The maximum atomic E-state index is 12.4. The van der Waals surface area contributed by atoms with Gasteiger partial charge in [-0.2, -0.15) is 0 Å². The van der Waals surface area contributed by atoms with Gasteiger partial charge in [-0.05, 0) is 62.1 Å². The highest BCUT2D eigenvalue weighted by Gasteiger charge is 2.12. The monoisotopic (exact) mass is 282 g/mol. The van der Waals surface area contributed by atoms with Gasteiger partial charge in [0.1, 0.15) is 0 Å². The first kappa shape index (κ1) is 15.3. The highest BCUT2D eigenvalue weighted by molar-refractivity contribution is 6.06. The number of hydrogen-bond donors (Lipinski definition) is 2. The average molecular weight is 282 g/mol. The molecule has 0 fully saturated rings. The number of carbonyl (C=O) groups is 1. The number of benzene rings is 2. The number of nitrogens with one attached hydrogen (secondary N) is 1. The van der Waals surface area contributed by atoms with Gasteiger partial charge in [0.25, 0.3) is 5.91 Å². The van der Waals surface area contributed by atoms with Crippen molar-refractivity contribution in [1.29, 1.82) is 0 Å². The van der Waals surface area contributed by atoms with Gasteiger partial charge in [-0.15, -0.1) is 0 Å². The van der Waals surface area contributed by atoms with Crippen LogP contribution in [0.15, 0.2) is 42.5 Å². The quantitative estimate of drug-likeness (QED) is 0.882. The topological polar surface area (TPSA) is 55.1 Å². The number of nitrogens with two attached hydrogens (primary N) is 1. The number of anilines is 1. The minimum atomic E-state index is -0.0541. The molecule has 1 amide bonds. The van der Waals surface area contributed by atoms with Crippen LogP contribution in [-0.4, -0.2) is 12.5 Å². The van der Waals surface area contributed by atoms with Gasteiger partial charge in [-0.1, -0.05) is 30.3 Å². The molecule has 0 saturated carbocycles. The smallest absolute Gasteiger partial charge is 0.256 e. The maximum absolute atomic E-state index is 12.4. The van der Waals surface area contributed by atoms with Crippen LogP contribution in [0.25, 0.3) is 0 Å². The molecule has 0 spiro atoms. The molecule has 0 radical (unpaired) electrons. The van der Waals surface area contributed by atoms with Crippen LogP contribution in [0, 0.1) is 13.8 Å². The molecule has 0 aliphatic heterocycles. The van der Waals surface area contributed by atoms with Crippen LogP contribution in [0.5, 0.6) is 0 Å². The van der Waals surface area contributed by atoms with E-state index in [1.807, 2.05) is 50.2 Å². The second-order valence-corrected chi connectivity index (χ2v) is 5.31. The number of amides is 1. The molecule has 0 bridgehead atoms. The Balaban J connectivity index is 2.16. The van der Waals surface area contributed by atoms with Crippen LogP contribution in [0.1, 0.15) is 33.5 Å². The van der Waals surface area contributed by atoms with E-state index in [9.17, 15) is 4.79 Å². The largest absolute Gasteiger partial charge is 0.330 e. The standard InChI is InChI=1S/C18H22N2O/c1-13-6-3-7-14(2)17(13)18(21)20-16-10-4-8-15(12-16)9-5-11-19/h3-4,6-8,10,12H,5,9,11,19H2,1-2H3,(H,20,21). The van der Waals surface area contributed by atoms with Crippen molar-refractivity contribution in [2.24, 2.45) is 5.73 Å². The Morgan fingerprint density at radius 1 is 1.10 bits per heavy atom. The summed E-state index contributed by atoms with van der Waals surface area (Å²) in [6.07, 6.45) is 1.89. The van der Waals surface area contributed by atoms with Crippen LogP contribution >= 0.6 is 0 Å². The predicted octanol–water partition coefficient (Wildman–Crippen LogP) is 3.45. The fraction of sp³-hybridized carbons (Fsp3) is 0.278. The molecule has 0 aromatic heterocycles. The predicted molar refractivity (Wildman–Crippen MR) is 87.7 cm³/mol. The van der Waals surface area contributed by atoms with Crippen molar-refractivity contribution in [3.8, 4) is 0 Å². The van der Waals surface area contributed by atoms with Gasteiger partial charge >= 0.3 is 0 Å². The molecule has 3 heteroatoms. The number of rotatable bonds is 5. The van der Waals surface area contributed by atoms with E-state index >= 15 is 0 Å². The second kappa shape index (κ2) is 7.04. The summed E-state index contributed by atoms with van der Waals surface area (Å²) in [6, 6.07) is 13.8. The van der Waals surface area contributed by atoms with E-state index in [1.54, 1.807) is 0 Å². The lowest BCUT2D eigenvalue weighted by Gasteiger charge is -2.11. The van der Waals surface area contributed by atoms with Gasteiger partial charge in [0.05, 0.1) is 0 Å². The van der Waals surface area contributed by atoms with Crippen molar-refractivity contribution in [1.82, 2.24) is 0 Å². The van der Waals surface area contributed by atoms with Gasteiger partial charge in [0.15, 0.2) is 0 Å². The highest BCUT2D eigenvalue weighted by Crippen LogP contribution is 2.17. The summed E-state index contributed by atoms with van der Waals surface area (Å²) in [5.74, 6) is -0.0541. The average Bonchev–Trinajstić information content (AvgIpc) is 2.45. The lowest BCUT2D eigenvalue weighted by atomic mass is 10.0. The molecular weight excluding hydrogens is 260 g/mol. The summed E-state index contributed by atoms with van der Waals surface area (Å²) < 4.78 is 0. The molecule has 0 atom stereocenters. The third-order valence-electron chi connectivity index (χ3n) is 3.56. The van der Waals surface area contributed by atoms with E-state index in [-0.39, 0.29) is 5.91 Å². The van der Waals surface area contributed by atoms with E-state index in [4.69, 9.17) is 5.73 Å². The first-order chi connectivity index (χ1) is 10.1. The zero-order chi connectivity index (χ0) is 15.2. The van der Waals surface area contributed by atoms with Crippen molar-refractivity contribution in [2.75, 3.05) is 11.9 Å². The zero-order valence-electron chi connectivity index (χ0n) is 12.6. The molecule has 3 nitrogen and oxygen atoms in total. The van der Waals surface area contributed by atoms with Gasteiger partial charge in [-0.3, -0.25) is 4.79 Å². The Hall–Kier alpha value is -2.13. The SMILES string of the molecule is Cc1cccc(C)c1C(=O)Nc1cccc(CCCN)c1. The van der Waals surface area contributed by atoms with Gasteiger partial charge in [0, 0.05) is 11.3 Å². The Bertz CT molecular complexity index is 615. The second-order valence-electron chi connectivity index (χ2n) is 5.31. The Kier molecular flexibility index (Phi) is 5.12. The molecule has 21 heavy (non-hydrogen) atoms. The first-order valence-electron chi connectivity index (χ1n) is 7.28. The van der Waals surface area contributed by atoms with E-state index in [1.165, 1.54) is 5.56 Å². The van der Waals surface area contributed by atoms with Gasteiger partial charge in [0.2, 0.25) is 0 Å². The van der Waals surface area contributed by atoms with Crippen LogP contribution in [0.2, 0.25) is 0 Å². The van der Waals surface area contributed by atoms with E-state index < -0.39 is 0 Å². The molecule has 0 aliphatic carbocycles. The molecule has 0 unspecified atom stereocenters. The molecule has 2 rings (SSSR count). The Morgan fingerprint density at radius 2 is 1.76 bits per heavy atom. The Labute approximate surface area is 126 Å². The molecule has 3 N–H and O–H groups in total. The Morgan fingerprint density at radius 3 is 2.43 bits per heavy atom. The summed E-state index contributed by atoms with van der Waals surface area (Å²) in [4.78, 5) is 12.4. The third-order valence-corrected chi connectivity index (χ3v) is 3.56. The third kappa shape index (κ3) is 3.92. The van der Waals surface area contributed by atoms with Crippen molar-refractivity contribution < 1.29 is 4.79 Å². The fourth-order valence-electron chi connectivity index (χ4n) is 2.48. The lowest BCUT2D eigenvalue weighted by molar-refractivity contribution is 0.102.